The van der Waals surface area contributed by atoms with Crippen molar-refractivity contribution in [3.8, 4) is 0 Å². The van der Waals surface area contributed by atoms with Crippen molar-refractivity contribution < 1.29 is 0 Å². The number of nitrogens with zero attached hydrogens (tertiary/aromatic N) is 2. The van der Waals surface area contributed by atoms with E-state index < -0.39 is 0 Å². The quantitative estimate of drug-likeness (QED) is 0.699. The van der Waals surface area contributed by atoms with E-state index in [1.165, 1.54) is 12.8 Å². The van der Waals surface area contributed by atoms with Crippen LogP contribution in [-0.4, -0.2) is 14.9 Å². The molecule has 1 heterocycles. The Morgan fingerprint density at radius 1 is 1.55 bits per heavy atom. The van der Waals surface area contributed by atoms with Crippen LogP contribution in [0.2, 0.25) is 0 Å². The van der Waals surface area contributed by atoms with Gasteiger partial charge in [-0.1, -0.05) is 29.3 Å². The fraction of sp³-hybridized carbons (Fsp3) is 0.625. The number of halogens is 1. The van der Waals surface area contributed by atoms with Crippen LogP contribution in [0.4, 0.5) is 0 Å². The molecular formula is C8H15BrN2. The smallest absolute Gasteiger partial charge is 0.0943 e. The lowest BCUT2D eigenvalue weighted by atomic mass is 10.4. The molecule has 1 aromatic heterocycles. The molecule has 0 radical (unpaired) electrons. The van der Waals surface area contributed by atoms with E-state index in [9.17, 15) is 0 Å². The van der Waals surface area contributed by atoms with Gasteiger partial charge in [0.15, 0.2) is 0 Å². The second kappa shape index (κ2) is 7.79. The maximum absolute atomic E-state index is 3.78. The Bertz CT molecular complexity index is 147. The Kier molecular flexibility index (Phi) is 7.57. The minimum atomic E-state index is 1.16. The monoisotopic (exact) mass is 218 g/mol. The second-order valence-corrected chi connectivity index (χ2v) is 3.06. The van der Waals surface area contributed by atoms with Crippen molar-refractivity contribution in [3.63, 3.8) is 0 Å². The zero-order valence-electron chi connectivity index (χ0n) is 7.13. The molecule has 2 nitrogen and oxygen atoms in total. The van der Waals surface area contributed by atoms with Gasteiger partial charge >= 0.3 is 0 Å². The van der Waals surface area contributed by atoms with Crippen LogP contribution in [-0.2, 0) is 7.05 Å². The van der Waals surface area contributed by atoms with Gasteiger partial charge in [-0.15, -0.1) is 0 Å². The molecule has 0 aliphatic rings. The van der Waals surface area contributed by atoms with Gasteiger partial charge in [-0.05, 0) is 6.42 Å². The van der Waals surface area contributed by atoms with Crippen molar-refractivity contribution >= 4 is 15.9 Å². The number of hydrogen-bond acceptors (Lipinski definition) is 1. The van der Waals surface area contributed by atoms with Gasteiger partial charge in [-0.2, -0.15) is 0 Å². The molecule has 0 N–H and O–H groups in total. The Balaban J connectivity index is 0.000000187. The average Bonchev–Trinajstić information content (AvgIpc) is 2.43. The third kappa shape index (κ3) is 7.59. The van der Waals surface area contributed by atoms with E-state index in [0.29, 0.717) is 0 Å². The van der Waals surface area contributed by atoms with E-state index in [0.717, 1.165) is 5.33 Å². The highest BCUT2D eigenvalue weighted by Gasteiger charge is 1.70. The molecular weight excluding hydrogens is 204 g/mol. The van der Waals surface area contributed by atoms with Gasteiger partial charge in [0.1, 0.15) is 0 Å². The van der Waals surface area contributed by atoms with Crippen LogP contribution in [0.25, 0.3) is 0 Å². The number of unbranched alkanes of at least 4 members (excludes halogenated alkanes) is 1. The first kappa shape index (κ1) is 10.7. The summed E-state index contributed by atoms with van der Waals surface area (Å²) in [6, 6.07) is 0. The maximum Gasteiger partial charge on any atom is 0.0943 e. The van der Waals surface area contributed by atoms with Gasteiger partial charge in [0, 0.05) is 24.8 Å². The van der Waals surface area contributed by atoms with Crippen molar-refractivity contribution in [2.75, 3.05) is 5.33 Å². The summed E-state index contributed by atoms with van der Waals surface area (Å²) in [6.07, 6.45) is 7.99. The molecule has 0 aliphatic carbocycles. The van der Waals surface area contributed by atoms with Crippen LogP contribution in [0.1, 0.15) is 19.8 Å². The van der Waals surface area contributed by atoms with E-state index in [2.05, 4.69) is 27.8 Å². The Hall–Kier alpha value is -0.310. The van der Waals surface area contributed by atoms with Crippen molar-refractivity contribution in [2.24, 2.45) is 7.05 Å². The van der Waals surface area contributed by atoms with Gasteiger partial charge < -0.3 is 4.57 Å². The van der Waals surface area contributed by atoms with E-state index >= 15 is 0 Å². The van der Waals surface area contributed by atoms with Crippen molar-refractivity contribution in [3.05, 3.63) is 18.7 Å². The minimum absolute atomic E-state index is 1.16. The summed E-state index contributed by atoms with van der Waals surface area (Å²) in [5.74, 6) is 0. The summed E-state index contributed by atoms with van der Waals surface area (Å²) in [7, 11) is 1.94. The van der Waals surface area contributed by atoms with Crippen LogP contribution in [0.3, 0.4) is 0 Å². The van der Waals surface area contributed by atoms with Crippen molar-refractivity contribution in [2.45, 2.75) is 19.8 Å². The van der Waals surface area contributed by atoms with Crippen LogP contribution >= 0.6 is 15.9 Å². The lowest BCUT2D eigenvalue weighted by Gasteiger charge is -1.77. The molecule has 11 heavy (non-hydrogen) atoms. The van der Waals surface area contributed by atoms with Crippen LogP contribution in [0.5, 0.6) is 0 Å². The number of hydrogen-bond donors (Lipinski definition) is 0. The summed E-state index contributed by atoms with van der Waals surface area (Å²) in [5.41, 5.74) is 0. The molecule has 0 unspecified atom stereocenters. The Labute approximate surface area is 76.8 Å². The third-order valence-electron chi connectivity index (χ3n) is 1.12. The highest BCUT2D eigenvalue weighted by atomic mass is 79.9. The van der Waals surface area contributed by atoms with Crippen LogP contribution < -0.4 is 0 Å². The highest BCUT2D eigenvalue weighted by Crippen LogP contribution is 1.89. The van der Waals surface area contributed by atoms with Gasteiger partial charge in [0.25, 0.3) is 0 Å². The molecule has 0 saturated carbocycles. The standard InChI is InChI=1S/C4H9Br.C4H6N2/c1-2-3-4-5;1-6-3-2-5-4-6/h2-4H2,1H3;2-4H,1H3. The summed E-state index contributed by atoms with van der Waals surface area (Å²) in [4.78, 5) is 3.78. The lowest BCUT2D eigenvalue weighted by molar-refractivity contribution is 0.902. The number of aromatic nitrogens is 2. The number of imidazole rings is 1. The van der Waals surface area contributed by atoms with Crippen molar-refractivity contribution in [1.82, 2.24) is 9.55 Å². The van der Waals surface area contributed by atoms with Gasteiger partial charge in [-0.25, -0.2) is 4.98 Å². The molecule has 0 saturated heterocycles. The first-order chi connectivity index (χ1) is 5.31. The molecule has 0 aromatic carbocycles. The van der Waals surface area contributed by atoms with Gasteiger partial charge in [-0.3, -0.25) is 0 Å². The van der Waals surface area contributed by atoms with Crippen LogP contribution in [0.15, 0.2) is 18.7 Å². The molecule has 0 spiro atoms. The molecule has 0 fully saturated rings. The Morgan fingerprint density at radius 3 is 2.36 bits per heavy atom. The zero-order chi connectivity index (χ0) is 8.53. The Morgan fingerprint density at radius 2 is 2.27 bits per heavy atom. The number of aryl methyl sites for hydroxylation is 1. The van der Waals surface area contributed by atoms with E-state index in [-0.39, 0.29) is 0 Å². The van der Waals surface area contributed by atoms with E-state index in [4.69, 9.17) is 0 Å². The average molecular weight is 219 g/mol. The molecule has 1 aromatic rings. The fourth-order valence-electron chi connectivity index (χ4n) is 0.459. The number of rotatable bonds is 2. The first-order valence-corrected chi connectivity index (χ1v) is 4.91. The molecule has 64 valence electrons. The number of alkyl halides is 1. The van der Waals surface area contributed by atoms with Crippen molar-refractivity contribution in [1.29, 1.82) is 0 Å². The second-order valence-electron chi connectivity index (χ2n) is 2.27. The summed E-state index contributed by atoms with van der Waals surface area (Å²) in [5, 5.41) is 1.16. The third-order valence-corrected chi connectivity index (χ3v) is 1.68. The summed E-state index contributed by atoms with van der Waals surface area (Å²) in [6.45, 7) is 2.18. The summed E-state index contributed by atoms with van der Waals surface area (Å²) >= 11 is 3.31. The normalized spacial score (nSPS) is 8.64. The molecule has 3 heteroatoms. The summed E-state index contributed by atoms with van der Waals surface area (Å²) < 4.78 is 1.89. The van der Waals surface area contributed by atoms with E-state index in [1.807, 2.05) is 17.8 Å². The van der Waals surface area contributed by atoms with Gasteiger partial charge in [0.2, 0.25) is 0 Å². The predicted octanol–water partition coefficient (Wildman–Crippen LogP) is 2.60. The maximum atomic E-state index is 3.78. The molecule has 0 aliphatic heterocycles. The first-order valence-electron chi connectivity index (χ1n) is 3.79. The highest BCUT2D eigenvalue weighted by molar-refractivity contribution is 9.09. The minimum Gasteiger partial charge on any atom is -0.341 e. The largest absolute Gasteiger partial charge is 0.341 e. The van der Waals surface area contributed by atoms with Crippen LogP contribution in [0, 0.1) is 0 Å². The molecule has 0 bridgehead atoms. The van der Waals surface area contributed by atoms with E-state index in [1.54, 1.807) is 12.5 Å². The lowest BCUT2D eigenvalue weighted by Crippen LogP contribution is -1.76. The topological polar surface area (TPSA) is 17.8 Å². The SMILES string of the molecule is CCCCBr.Cn1ccnc1. The molecule has 0 atom stereocenters. The zero-order valence-corrected chi connectivity index (χ0v) is 8.71. The van der Waals surface area contributed by atoms with Gasteiger partial charge in [0.05, 0.1) is 6.33 Å². The molecule has 1 rings (SSSR count). The fourth-order valence-corrected chi connectivity index (χ4v) is 1.02. The molecule has 0 amide bonds. The predicted molar refractivity (Wildman–Crippen MR) is 51.9 cm³/mol.